The van der Waals surface area contributed by atoms with E-state index in [1.165, 1.54) is 24.5 Å². The van der Waals surface area contributed by atoms with Crippen LogP contribution in [0.25, 0.3) is 22.0 Å². The number of carbonyl (C=O) groups is 1. The van der Waals surface area contributed by atoms with E-state index in [1.807, 2.05) is 0 Å². The van der Waals surface area contributed by atoms with Crippen LogP contribution in [0.1, 0.15) is 17.4 Å². The van der Waals surface area contributed by atoms with Crippen LogP contribution >= 0.6 is 11.6 Å². The van der Waals surface area contributed by atoms with Crippen LogP contribution in [0.5, 0.6) is 0 Å². The maximum Gasteiger partial charge on any atom is 0.357 e. The summed E-state index contributed by atoms with van der Waals surface area (Å²) in [5, 5.41) is 0.153. The summed E-state index contributed by atoms with van der Waals surface area (Å²) >= 11 is 5.91. The number of anilines is 1. The Hall–Kier alpha value is -2.67. The number of carbonyl (C=O) groups excluding carboxylic acids is 1. The second-order valence-electron chi connectivity index (χ2n) is 4.92. The number of hydrogen-bond donors (Lipinski definition) is 2. The Morgan fingerprint density at radius 3 is 2.88 bits per heavy atom. The highest BCUT2D eigenvalue weighted by atomic mass is 35.5. The molecule has 3 N–H and O–H groups in total. The molecule has 0 bridgehead atoms. The van der Waals surface area contributed by atoms with Gasteiger partial charge in [0.15, 0.2) is 17.3 Å². The molecule has 124 valence electrons. The fourth-order valence-corrected chi connectivity index (χ4v) is 2.76. The Morgan fingerprint density at radius 2 is 2.17 bits per heavy atom. The number of esters is 1. The quantitative estimate of drug-likeness (QED) is 0.553. The number of halogens is 3. The lowest BCUT2D eigenvalue weighted by atomic mass is 9.99. The van der Waals surface area contributed by atoms with Crippen LogP contribution in [0.3, 0.4) is 0 Å². The summed E-state index contributed by atoms with van der Waals surface area (Å²) in [5.74, 6) is -2.71. The van der Waals surface area contributed by atoms with Gasteiger partial charge in [-0.05, 0) is 13.0 Å². The van der Waals surface area contributed by atoms with Crippen molar-refractivity contribution in [2.45, 2.75) is 6.92 Å². The van der Waals surface area contributed by atoms with Gasteiger partial charge in [0, 0.05) is 23.3 Å². The van der Waals surface area contributed by atoms with Crippen LogP contribution < -0.4 is 5.73 Å². The van der Waals surface area contributed by atoms with Crippen molar-refractivity contribution >= 4 is 34.2 Å². The minimum Gasteiger partial charge on any atom is -0.461 e. The molecule has 0 radical (unpaired) electrons. The Kier molecular flexibility index (Phi) is 4.11. The number of nitrogens with one attached hydrogen (secondary N) is 1. The van der Waals surface area contributed by atoms with E-state index in [0.29, 0.717) is 0 Å². The van der Waals surface area contributed by atoms with Gasteiger partial charge in [-0.25, -0.2) is 18.6 Å². The minimum absolute atomic E-state index is 0.0486. The second kappa shape index (κ2) is 6.09. The molecular formula is C16H12ClF2N3O2. The summed E-state index contributed by atoms with van der Waals surface area (Å²) in [6.45, 7) is 1.72. The van der Waals surface area contributed by atoms with Gasteiger partial charge in [-0.2, -0.15) is 0 Å². The average Bonchev–Trinajstić information content (AvgIpc) is 2.96. The molecule has 1 aromatic carbocycles. The highest BCUT2D eigenvalue weighted by molar-refractivity contribution is 6.36. The van der Waals surface area contributed by atoms with Crippen molar-refractivity contribution in [3.63, 3.8) is 0 Å². The molecular weight excluding hydrogens is 340 g/mol. The van der Waals surface area contributed by atoms with E-state index in [9.17, 15) is 13.6 Å². The fourth-order valence-electron chi connectivity index (χ4n) is 2.51. The molecule has 2 aromatic heterocycles. The SMILES string of the molecule is CCOC(=O)c1ncccc1-c1c(F)c(N)c2c(Cl)c[nH]c2c1F. The summed E-state index contributed by atoms with van der Waals surface area (Å²) in [5.41, 5.74) is 4.70. The van der Waals surface area contributed by atoms with Crippen molar-refractivity contribution in [1.29, 1.82) is 0 Å². The molecule has 0 spiro atoms. The summed E-state index contributed by atoms with van der Waals surface area (Å²) in [4.78, 5) is 18.5. The highest BCUT2D eigenvalue weighted by Crippen LogP contribution is 2.40. The molecule has 5 nitrogen and oxygen atoms in total. The molecule has 8 heteroatoms. The molecule has 24 heavy (non-hydrogen) atoms. The number of ether oxygens (including phenoxy) is 1. The van der Waals surface area contributed by atoms with Crippen LogP contribution in [0.2, 0.25) is 5.02 Å². The van der Waals surface area contributed by atoms with Crippen LogP contribution in [0.4, 0.5) is 14.5 Å². The van der Waals surface area contributed by atoms with Gasteiger partial charge >= 0.3 is 5.97 Å². The fraction of sp³-hybridized carbons (Fsp3) is 0.125. The molecule has 0 saturated heterocycles. The maximum absolute atomic E-state index is 14.9. The van der Waals surface area contributed by atoms with E-state index < -0.39 is 23.2 Å². The van der Waals surface area contributed by atoms with Crippen molar-refractivity contribution in [3.8, 4) is 11.1 Å². The third-order valence-corrected chi connectivity index (χ3v) is 3.84. The predicted octanol–water partition coefficient (Wildman–Crippen LogP) is 3.92. The third-order valence-electron chi connectivity index (χ3n) is 3.54. The van der Waals surface area contributed by atoms with Gasteiger partial charge in [-0.15, -0.1) is 0 Å². The van der Waals surface area contributed by atoms with Crippen molar-refractivity contribution in [2.24, 2.45) is 0 Å². The van der Waals surface area contributed by atoms with E-state index in [2.05, 4.69) is 9.97 Å². The number of rotatable bonds is 3. The number of nitrogens with zero attached hydrogens (tertiary/aromatic N) is 1. The monoisotopic (exact) mass is 351 g/mol. The normalized spacial score (nSPS) is 11.0. The lowest BCUT2D eigenvalue weighted by Crippen LogP contribution is -2.10. The summed E-state index contributed by atoms with van der Waals surface area (Å²) in [7, 11) is 0. The van der Waals surface area contributed by atoms with Crippen LogP contribution in [-0.4, -0.2) is 22.5 Å². The summed E-state index contributed by atoms with van der Waals surface area (Å²) < 4.78 is 34.5. The van der Waals surface area contributed by atoms with Gasteiger partial charge in [0.25, 0.3) is 0 Å². The number of nitrogen functional groups attached to an aromatic ring is 1. The van der Waals surface area contributed by atoms with E-state index in [4.69, 9.17) is 22.1 Å². The molecule has 0 saturated carbocycles. The first kappa shape index (κ1) is 16.2. The Morgan fingerprint density at radius 1 is 1.42 bits per heavy atom. The smallest absolute Gasteiger partial charge is 0.357 e. The highest BCUT2D eigenvalue weighted by Gasteiger charge is 2.26. The van der Waals surface area contributed by atoms with Gasteiger partial charge in [0.1, 0.15) is 0 Å². The first-order valence-electron chi connectivity index (χ1n) is 7.02. The zero-order valence-corrected chi connectivity index (χ0v) is 13.2. The summed E-state index contributed by atoms with van der Waals surface area (Å²) in [6, 6.07) is 2.83. The van der Waals surface area contributed by atoms with Crippen LogP contribution in [0, 0.1) is 11.6 Å². The van der Waals surface area contributed by atoms with E-state index in [0.717, 1.165) is 0 Å². The van der Waals surface area contributed by atoms with Gasteiger partial charge in [0.2, 0.25) is 0 Å². The number of fused-ring (bicyclic) bond motifs is 1. The van der Waals surface area contributed by atoms with Crippen molar-refractivity contribution in [3.05, 3.63) is 46.9 Å². The number of H-pyrrole nitrogens is 1. The number of aromatic amines is 1. The van der Waals surface area contributed by atoms with E-state index in [1.54, 1.807) is 6.92 Å². The third kappa shape index (κ3) is 2.37. The standard InChI is InChI=1S/C16H12ClF2N3O2/c1-2-24-16(23)14-7(4-3-5-21-14)9-11(18)13(20)10-8(17)6-22-15(10)12(9)19/h3-6,22H,2,20H2,1H3. The van der Waals surface area contributed by atoms with Gasteiger partial charge in [-0.1, -0.05) is 17.7 Å². The number of benzene rings is 1. The largest absolute Gasteiger partial charge is 0.461 e. The second-order valence-corrected chi connectivity index (χ2v) is 5.33. The Balaban J connectivity index is 2.34. The van der Waals surface area contributed by atoms with Gasteiger partial charge in [-0.3, -0.25) is 0 Å². The Labute approximate surface area is 140 Å². The molecule has 0 amide bonds. The molecule has 0 atom stereocenters. The van der Waals surface area contributed by atoms with E-state index >= 15 is 0 Å². The molecule has 3 rings (SSSR count). The van der Waals surface area contributed by atoms with Gasteiger partial charge in [0.05, 0.1) is 28.4 Å². The minimum atomic E-state index is -1.01. The first-order valence-corrected chi connectivity index (χ1v) is 7.40. The molecule has 0 unspecified atom stereocenters. The molecule has 0 aliphatic heterocycles. The first-order chi connectivity index (χ1) is 11.5. The molecule has 0 fully saturated rings. The molecule has 2 heterocycles. The number of hydrogen-bond acceptors (Lipinski definition) is 4. The zero-order chi connectivity index (χ0) is 17.4. The maximum atomic E-state index is 14.9. The average molecular weight is 352 g/mol. The van der Waals surface area contributed by atoms with Gasteiger partial charge < -0.3 is 15.5 Å². The van der Waals surface area contributed by atoms with Crippen molar-refractivity contribution in [2.75, 3.05) is 12.3 Å². The van der Waals surface area contributed by atoms with Crippen molar-refractivity contribution in [1.82, 2.24) is 9.97 Å². The topological polar surface area (TPSA) is 81.0 Å². The number of aromatic nitrogens is 2. The number of pyridine rings is 1. The van der Waals surface area contributed by atoms with E-state index in [-0.39, 0.29) is 39.5 Å². The molecule has 3 aromatic rings. The zero-order valence-electron chi connectivity index (χ0n) is 12.5. The van der Waals surface area contributed by atoms with Crippen LogP contribution in [-0.2, 0) is 4.74 Å². The lowest BCUT2D eigenvalue weighted by molar-refractivity contribution is 0.0520. The van der Waals surface area contributed by atoms with Crippen LogP contribution in [0.15, 0.2) is 24.5 Å². The predicted molar refractivity (Wildman–Crippen MR) is 86.8 cm³/mol. The summed E-state index contributed by atoms with van der Waals surface area (Å²) in [6.07, 6.45) is 2.64. The Bertz CT molecular complexity index is 956. The number of nitrogens with two attached hydrogens (primary N) is 1. The lowest BCUT2D eigenvalue weighted by Gasteiger charge is -2.12. The molecule has 0 aliphatic carbocycles. The molecule has 0 aliphatic rings. The van der Waals surface area contributed by atoms with Crippen molar-refractivity contribution < 1.29 is 18.3 Å².